The van der Waals surface area contributed by atoms with Crippen molar-refractivity contribution in [2.45, 2.75) is 6.92 Å². The zero-order chi connectivity index (χ0) is 16.2. The quantitative estimate of drug-likeness (QED) is 0.846. The molecule has 7 nitrogen and oxygen atoms in total. The first-order valence-electron chi connectivity index (χ1n) is 7.28. The van der Waals surface area contributed by atoms with Crippen LogP contribution >= 0.6 is 22.9 Å². The van der Waals surface area contributed by atoms with E-state index >= 15 is 0 Å². The Balaban J connectivity index is 1.67. The molecule has 2 aromatic rings. The molecule has 122 valence electrons. The summed E-state index contributed by atoms with van der Waals surface area (Å²) in [7, 11) is 0. The topological polar surface area (TPSA) is 75.6 Å². The standard InChI is InChI=1S/C14H16N4O3S2/c1-2-21-14(20)18-7-5-17(6-8-18)13(19)12-11(15-16-23-12)10-4-3-9-22-10/h3-4,9H,2,5-8H2,1H3. The third-order valence-electron chi connectivity index (χ3n) is 3.53. The molecule has 1 saturated heterocycles. The van der Waals surface area contributed by atoms with E-state index in [4.69, 9.17) is 4.74 Å². The summed E-state index contributed by atoms with van der Waals surface area (Å²) in [6.45, 7) is 4.06. The molecular weight excluding hydrogens is 336 g/mol. The molecule has 0 radical (unpaired) electrons. The van der Waals surface area contributed by atoms with Crippen molar-refractivity contribution in [3.63, 3.8) is 0 Å². The van der Waals surface area contributed by atoms with Gasteiger partial charge in [-0.2, -0.15) is 0 Å². The number of hydrogen-bond donors (Lipinski definition) is 0. The molecule has 1 aliphatic heterocycles. The van der Waals surface area contributed by atoms with Crippen LogP contribution in [0.25, 0.3) is 10.6 Å². The fourth-order valence-corrected chi connectivity index (χ4v) is 3.78. The molecule has 0 N–H and O–H groups in total. The lowest BCUT2D eigenvalue weighted by Gasteiger charge is -2.33. The fraction of sp³-hybridized carbons (Fsp3) is 0.429. The van der Waals surface area contributed by atoms with Gasteiger partial charge in [-0.05, 0) is 29.9 Å². The van der Waals surface area contributed by atoms with Crippen LogP contribution in [-0.4, -0.2) is 64.2 Å². The third kappa shape index (κ3) is 3.35. The molecule has 0 bridgehead atoms. The number of thiophene rings is 1. The molecule has 3 heterocycles. The lowest BCUT2D eigenvalue weighted by Crippen LogP contribution is -2.50. The Morgan fingerprint density at radius 3 is 2.65 bits per heavy atom. The van der Waals surface area contributed by atoms with Crippen molar-refractivity contribution in [2.24, 2.45) is 0 Å². The predicted octanol–water partition coefficient (Wildman–Crippen LogP) is 2.18. The second-order valence-corrected chi connectivity index (χ2v) is 6.61. The van der Waals surface area contributed by atoms with Crippen molar-refractivity contribution in [1.29, 1.82) is 0 Å². The molecule has 1 fully saturated rings. The molecule has 0 unspecified atom stereocenters. The Morgan fingerprint density at radius 2 is 2.00 bits per heavy atom. The molecule has 0 aromatic carbocycles. The van der Waals surface area contributed by atoms with Crippen LogP contribution in [0, 0.1) is 0 Å². The molecule has 2 amide bonds. The summed E-state index contributed by atoms with van der Waals surface area (Å²) in [6.07, 6.45) is -0.321. The Morgan fingerprint density at radius 1 is 1.26 bits per heavy atom. The number of aromatic nitrogens is 2. The van der Waals surface area contributed by atoms with Gasteiger partial charge in [-0.15, -0.1) is 16.4 Å². The first-order chi connectivity index (χ1) is 11.2. The minimum Gasteiger partial charge on any atom is -0.450 e. The fourth-order valence-electron chi connectivity index (χ4n) is 2.36. The van der Waals surface area contributed by atoms with Crippen LogP contribution in [0.1, 0.15) is 16.6 Å². The summed E-state index contributed by atoms with van der Waals surface area (Å²) >= 11 is 2.65. The zero-order valence-corrected chi connectivity index (χ0v) is 14.2. The number of rotatable bonds is 3. The summed E-state index contributed by atoms with van der Waals surface area (Å²) < 4.78 is 8.91. The smallest absolute Gasteiger partial charge is 0.409 e. The third-order valence-corrected chi connectivity index (χ3v) is 5.12. The predicted molar refractivity (Wildman–Crippen MR) is 87.7 cm³/mol. The monoisotopic (exact) mass is 352 g/mol. The van der Waals surface area contributed by atoms with Crippen LogP contribution in [0.15, 0.2) is 17.5 Å². The molecule has 0 atom stereocenters. The molecule has 0 saturated carbocycles. The summed E-state index contributed by atoms with van der Waals surface area (Å²) in [6, 6.07) is 3.85. The number of ether oxygens (including phenoxy) is 1. The zero-order valence-electron chi connectivity index (χ0n) is 12.6. The van der Waals surface area contributed by atoms with E-state index in [1.807, 2.05) is 17.5 Å². The van der Waals surface area contributed by atoms with Crippen LogP contribution in [0.2, 0.25) is 0 Å². The normalized spacial score (nSPS) is 14.8. The van der Waals surface area contributed by atoms with Crippen LogP contribution < -0.4 is 0 Å². The first kappa shape index (κ1) is 15.9. The molecule has 0 aliphatic carbocycles. The maximum atomic E-state index is 12.7. The van der Waals surface area contributed by atoms with Gasteiger partial charge in [0.2, 0.25) is 0 Å². The Kier molecular flexibility index (Phi) is 4.87. The van der Waals surface area contributed by atoms with Gasteiger partial charge in [0.25, 0.3) is 5.91 Å². The Hall–Kier alpha value is -2.00. The van der Waals surface area contributed by atoms with Gasteiger partial charge in [-0.3, -0.25) is 4.79 Å². The van der Waals surface area contributed by atoms with E-state index in [2.05, 4.69) is 9.59 Å². The molecule has 23 heavy (non-hydrogen) atoms. The van der Waals surface area contributed by atoms with Gasteiger partial charge in [-0.25, -0.2) is 4.79 Å². The van der Waals surface area contributed by atoms with Crippen LogP contribution in [0.5, 0.6) is 0 Å². The van der Waals surface area contributed by atoms with Gasteiger partial charge >= 0.3 is 6.09 Å². The lowest BCUT2D eigenvalue weighted by atomic mass is 10.2. The molecular formula is C14H16N4O3S2. The molecule has 1 aliphatic rings. The molecule has 9 heteroatoms. The van der Waals surface area contributed by atoms with Crippen molar-refractivity contribution >= 4 is 34.9 Å². The number of nitrogens with zero attached hydrogens (tertiary/aromatic N) is 4. The van der Waals surface area contributed by atoms with E-state index in [0.29, 0.717) is 43.4 Å². The van der Waals surface area contributed by atoms with Gasteiger partial charge in [-0.1, -0.05) is 10.6 Å². The first-order valence-corrected chi connectivity index (χ1v) is 8.93. The molecule has 2 aromatic heterocycles. The Bertz CT molecular complexity index is 678. The maximum Gasteiger partial charge on any atom is 0.409 e. The van der Waals surface area contributed by atoms with Crippen molar-refractivity contribution in [2.75, 3.05) is 32.8 Å². The highest BCUT2D eigenvalue weighted by Crippen LogP contribution is 2.29. The highest BCUT2D eigenvalue weighted by atomic mass is 32.1. The number of amides is 2. The second-order valence-electron chi connectivity index (χ2n) is 4.91. The second kappa shape index (κ2) is 7.05. The maximum absolute atomic E-state index is 12.7. The number of hydrogen-bond acceptors (Lipinski definition) is 7. The molecule has 3 rings (SSSR count). The SMILES string of the molecule is CCOC(=O)N1CCN(C(=O)c2snnc2-c2cccs2)CC1. The van der Waals surface area contributed by atoms with Crippen molar-refractivity contribution in [3.8, 4) is 10.6 Å². The van der Waals surface area contributed by atoms with Gasteiger partial charge in [0.15, 0.2) is 0 Å². The summed E-state index contributed by atoms with van der Waals surface area (Å²) in [5, 5.41) is 6.03. The van der Waals surface area contributed by atoms with Gasteiger partial charge in [0.05, 0.1) is 11.5 Å². The minimum absolute atomic E-state index is 0.0769. The highest BCUT2D eigenvalue weighted by Gasteiger charge is 2.28. The summed E-state index contributed by atoms with van der Waals surface area (Å²) in [4.78, 5) is 29.3. The average molecular weight is 352 g/mol. The van der Waals surface area contributed by atoms with E-state index in [1.165, 1.54) is 11.3 Å². The van der Waals surface area contributed by atoms with E-state index < -0.39 is 0 Å². The number of carbonyl (C=O) groups is 2. The highest BCUT2D eigenvalue weighted by molar-refractivity contribution is 7.14. The largest absolute Gasteiger partial charge is 0.450 e. The van der Waals surface area contributed by atoms with Crippen LogP contribution in [0.3, 0.4) is 0 Å². The van der Waals surface area contributed by atoms with Gasteiger partial charge in [0.1, 0.15) is 10.6 Å². The summed E-state index contributed by atoms with van der Waals surface area (Å²) in [5.74, 6) is -0.0769. The minimum atomic E-state index is -0.321. The van der Waals surface area contributed by atoms with Crippen molar-refractivity contribution in [1.82, 2.24) is 19.4 Å². The van der Waals surface area contributed by atoms with E-state index in [0.717, 1.165) is 16.4 Å². The van der Waals surface area contributed by atoms with Crippen molar-refractivity contribution in [3.05, 3.63) is 22.4 Å². The van der Waals surface area contributed by atoms with Crippen molar-refractivity contribution < 1.29 is 14.3 Å². The van der Waals surface area contributed by atoms with E-state index in [-0.39, 0.29) is 12.0 Å². The van der Waals surface area contributed by atoms with Crippen LogP contribution in [-0.2, 0) is 4.74 Å². The Labute approximate surface area is 141 Å². The number of piperazine rings is 1. The van der Waals surface area contributed by atoms with Crippen LogP contribution in [0.4, 0.5) is 4.79 Å². The van der Waals surface area contributed by atoms with Gasteiger partial charge in [0, 0.05) is 26.2 Å². The summed E-state index contributed by atoms with van der Waals surface area (Å²) in [5.41, 5.74) is 0.642. The average Bonchev–Trinajstić information content (AvgIpc) is 3.25. The van der Waals surface area contributed by atoms with Gasteiger partial charge < -0.3 is 14.5 Å². The number of carbonyl (C=O) groups excluding carboxylic acids is 2. The van der Waals surface area contributed by atoms with E-state index in [1.54, 1.807) is 16.7 Å². The lowest BCUT2D eigenvalue weighted by molar-refractivity contribution is 0.0574. The molecule has 0 spiro atoms. The van der Waals surface area contributed by atoms with E-state index in [9.17, 15) is 9.59 Å².